The molecule has 1 N–H and O–H groups in total. The first-order valence-electron chi connectivity index (χ1n) is 8.95. The minimum Gasteiger partial charge on any atom is -0.493 e. The first-order chi connectivity index (χ1) is 14.4. The number of rotatable bonds is 7. The Labute approximate surface area is 171 Å². The van der Waals surface area contributed by atoms with E-state index in [1.165, 1.54) is 33.6 Å². The molecule has 0 atom stereocenters. The van der Waals surface area contributed by atoms with Gasteiger partial charge in [-0.15, -0.1) is 0 Å². The number of anilines is 2. The molecule has 0 aliphatic heterocycles. The van der Waals surface area contributed by atoms with E-state index in [0.29, 0.717) is 22.7 Å². The molecular weight excluding hydrogens is 396 g/mol. The molecule has 9 heteroatoms. The van der Waals surface area contributed by atoms with Crippen molar-refractivity contribution in [3.8, 4) is 17.2 Å². The van der Waals surface area contributed by atoms with Crippen LogP contribution in [0.25, 0.3) is 0 Å². The lowest BCUT2D eigenvalue weighted by Gasteiger charge is -2.18. The van der Waals surface area contributed by atoms with E-state index in [4.69, 9.17) is 14.2 Å². The summed E-state index contributed by atoms with van der Waals surface area (Å²) < 4.78 is 44.2. The van der Waals surface area contributed by atoms with Crippen molar-refractivity contribution < 1.29 is 23.0 Å². The summed E-state index contributed by atoms with van der Waals surface area (Å²) in [5.74, 6) is -0.628. The van der Waals surface area contributed by atoms with Gasteiger partial charge in [-0.2, -0.15) is 4.98 Å². The number of ether oxygens (including phenoxy) is 3. The SMILES string of the molecule is COc1cc(C)c(Nc2nc(=O)c(OC)cn2Cc2ccc(F)c(F)c2)cc1OC. The van der Waals surface area contributed by atoms with Gasteiger partial charge in [-0.25, -0.2) is 8.78 Å². The predicted octanol–water partition coefficient (Wildman–Crippen LogP) is 3.65. The maximum Gasteiger partial charge on any atom is 0.316 e. The summed E-state index contributed by atoms with van der Waals surface area (Å²) in [4.78, 5) is 16.3. The van der Waals surface area contributed by atoms with Crippen LogP contribution in [0.15, 0.2) is 41.3 Å². The second kappa shape index (κ2) is 8.81. The highest BCUT2D eigenvalue weighted by Gasteiger charge is 2.14. The fourth-order valence-electron chi connectivity index (χ4n) is 2.90. The third-order valence-corrected chi connectivity index (χ3v) is 4.50. The fourth-order valence-corrected chi connectivity index (χ4v) is 2.90. The summed E-state index contributed by atoms with van der Waals surface area (Å²) in [6, 6.07) is 7.08. The maximum absolute atomic E-state index is 13.6. The zero-order chi connectivity index (χ0) is 21.8. The maximum atomic E-state index is 13.6. The van der Waals surface area contributed by atoms with E-state index in [0.717, 1.165) is 17.7 Å². The van der Waals surface area contributed by atoms with Crippen molar-refractivity contribution in [2.24, 2.45) is 0 Å². The molecule has 0 saturated heterocycles. The van der Waals surface area contributed by atoms with Crippen molar-refractivity contribution in [3.05, 3.63) is 69.6 Å². The molecule has 0 unspecified atom stereocenters. The monoisotopic (exact) mass is 417 g/mol. The molecule has 0 aliphatic rings. The second-order valence-electron chi connectivity index (χ2n) is 6.46. The number of hydrogen-bond donors (Lipinski definition) is 1. The molecule has 2 aromatic carbocycles. The molecule has 30 heavy (non-hydrogen) atoms. The number of methoxy groups -OCH3 is 3. The van der Waals surface area contributed by atoms with Gasteiger partial charge in [0.15, 0.2) is 23.1 Å². The van der Waals surface area contributed by atoms with E-state index in [1.807, 2.05) is 6.92 Å². The molecule has 0 aliphatic carbocycles. The molecule has 0 saturated carbocycles. The molecule has 0 amide bonds. The first-order valence-corrected chi connectivity index (χ1v) is 8.95. The van der Waals surface area contributed by atoms with Crippen LogP contribution in [0.2, 0.25) is 0 Å². The van der Waals surface area contributed by atoms with E-state index >= 15 is 0 Å². The number of nitrogens with zero attached hydrogens (tertiary/aromatic N) is 2. The van der Waals surface area contributed by atoms with Crippen molar-refractivity contribution >= 4 is 11.6 Å². The van der Waals surface area contributed by atoms with Gasteiger partial charge in [0.2, 0.25) is 11.7 Å². The van der Waals surface area contributed by atoms with Crippen molar-refractivity contribution in [2.45, 2.75) is 13.5 Å². The number of benzene rings is 2. The Balaban J connectivity index is 2.05. The second-order valence-corrected chi connectivity index (χ2v) is 6.46. The number of nitrogens with one attached hydrogen (secondary N) is 1. The molecule has 3 aromatic rings. The lowest BCUT2D eigenvalue weighted by atomic mass is 10.1. The summed E-state index contributed by atoms with van der Waals surface area (Å²) in [6.45, 7) is 1.97. The average molecular weight is 417 g/mol. The van der Waals surface area contributed by atoms with Crippen LogP contribution < -0.4 is 25.1 Å². The predicted molar refractivity (Wildman–Crippen MR) is 108 cm³/mol. The van der Waals surface area contributed by atoms with Gasteiger partial charge in [0, 0.05) is 11.8 Å². The average Bonchev–Trinajstić information content (AvgIpc) is 2.73. The van der Waals surface area contributed by atoms with E-state index in [9.17, 15) is 13.6 Å². The van der Waals surface area contributed by atoms with Gasteiger partial charge in [-0.3, -0.25) is 4.79 Å². The quantitative estimate of drug-likeness (QED) is 0.633. The van der Waals surface area contributed by atoms with Gasteiger partial charge in [-0.05, 0) is 36.2 Å². The summed E-state index contributed by atoms with van der Waals surface area (Å²) >= 11 is 0. The molecule has 158 valence electrons. The van der Waals surface area contributed by atoms with Crippen LogP contribution in [0.3, 0.4) is 0 Å². The van der Waals surface area contributed by atoms with Crippen molar-refractivity contribution in [2.75, 3.05) is 26.6 Å². The smallest absolute Gasteiger partial charge is 0.316 e. The Morgan fingerprint density at radius 1 is 0.967 bits per heavy atom. The summed E-state index contributed by atoms with van der Waals surface area (Å²) in [5.41, 5.74) is 1.36. The Morgan fingerprint density at radius 3 is 2.27 bits per heavy atom. The minimum atomic E-state index is -0.960. The van der Waals surface area contributed by atoms with Crippen LogP contribution >= 0.6 is 0 Å². The summed E-state index contributed by atoms with van der Waals surface area (Å²) in [7, 11) is 4.41. The molecular formula is C21H21F2N3O4. The van der Waals surface area contributed by atoms with Crippen molar-refractivity contribution in [3.63, 3.8) is 0 Å². The van der Waals surface area contributed by atoms with Crippen LogP contribution in [0, 0.1) is 18.6 Å². The van der Waals surface area contributed by atoms with Crippen LogP contribution in [0.5, 0.6) is 17.2 Å². The van der Waals surface area contributed by atoms with Crippen LogP contribution in [-0.4, -0.2) is 30.9 Å². The highest BCUT2D eigenvalue weighted by molar-refractivity contribution is 5.64. The van der Waals surface area contributed by atoms with Gasteiger partial charge in [-0.1, -0.05) is 6.07 Å². The number of hydrogen-bond acceptors (Lipinski definition) is 6. The Bertz CT molecular complexity index is 1130. The molecule has 0 radical (unpaired) electrons. The van der Waals surface area contributed by atoms with Crippen molar-refractivity contribution in [1.82, 2.24) is 9.55 Å². The van der Waals surface area contributed by atoms with E-state index < -0.39 is 17.2 Å². The number of aromatic nitrogens is 2. The van der Waals surface area contributed by atoms with E-state index in [-0.39, 0.29) is 18.2 Å². The van der Waals surface area contributed by atoms with E-state index in [2.05, 4.69) is 10.3 Å². The van der Waals surface area contributed by atoms with Gasteiger partial charge < -0.3 is 24.1 Å². The highest BCUT2D eigenvalue weighted by atomic mass is 19.2. The minimum absolute atomic E-state index is 0.0205. The van der Waals surface area contributed by atoms with Crippen LogP contribution in [-0.2, 0) is 6.54 Å². The van der Waals surface area contributed by atoms with Gasteiger partial charge in [0.1, 0.15) is 0 Å². The summed E-state index contributed by atoms with van der Waals surface area (Å²) in [5, 5.41) is 3.10. The zero-order valence-corrected chi connectivity index (χ0v) is 17.0. The van der Waals surface area contributed by atoms with Gasteiger partial charge in [0.25, 0.3) is 0 Å². The van der Waals surface area contributed by atoms with E-state index in [1.54, 1.807) is 16.7 Å². The largest absolute Gasteiger partial charge is 0.493 e. The highest BCUT2D eigenvalue weighted by Crippen LogP contribution is 2.34. The van der Waals surface area contributed by atoms with Crippen molar-refractivity contribution in [1.29, 1.82) is 0 Å². The molecule has 0 spiro atoms. The molecule has 7 nitrogen and oxygen atoms in total. The van der Waals surface area contributed by atoms with Gasteiger partial charge in [0.05, 0.1) is 34.1 Å². The van der Waals surface area contributed by atoms with Crippen LogP contribution in [0.4, 0.5) is 20.4 Å². The topological polar surface area (TPSA) is 74.6 Å². The first kappa shape index (κ1) is 21.1. The lowest BCUT2D eigenvalue weighted by Crippen LogP contribution is -2.19. The summed E-state index contributed by atoms with van der Waals surface area (Å²) in [6.07, 6.45) is 1.45. The zero-order valence-electron chi connectivity index (χ0n) is 17.0. The molecule has 1 heterocycles. The molecule has 0 fully saturated rings. The lowest BCUT2D eigenvalue weighted by molar-refractivity contribution is 0.355. The number of aryl methyl sites for hydroxylation is 1. The third-order valence-electron chi connectivity index (χ3n) is 4.50. The molecule has 3 rings (SSSR count). The third kappa shape index (κ3) is 4.35. The Kier molecular flexibility index (Phi) is 6.20. The number of halogens is 2. The molecule has 0 bridgehead atoms. The Morgan fingerprint density at radius 2 is 1.63 bits per heavy atom. The van der Waals surface area contributed by atoms with Gasteiger partial charge >= 0.3 is 5.56 Å². The Hall–Kier alpha value is -3.62. The van der Waals surface area contributed by atoms with Crippen LogP contribution in [0.1, 0.15) is 11.1 Å². The normalized spacial score (nSPS) is 10.6. The fraction of sp³-hybridized carbons (Fsp3) is 0.238. The standard InChI is InChI=1S/C21H21F2N3O4/c1-12-7-17(28-2)18(29-3)9-16(12)24-21-25-20(27)19(30-4)11-26(21)10-13-5-6-14(22)15(23)8-13/h5-9,11H,10H2,1-4H3,(H,24,25,27). The molecule has 1 aromatic heterocycles.